The summed E-state index contributed by atoms with van der Waals surface area (Å²) in [6.45, 7) is 0.528. The van der Waals surface area contributed by atoms with Crippen molar-refractivity contribution in [3.63, 3.8) is 0 Å². The highest BCUT2D eigenvalue weighted by Crippen LogP contribution is 2.41. The van der Waals surface area contributed by atoms with E-state index in [9.17, 15) is 9.50 Å². The predicted octanol–water partition coefficient (Wildman–Crippen LogP) is 2.17. The van der Waals surface area contributed by atoms with Crippen LogP contribution in [0, 0.1) is 5.82 Å². The van der Waals surface area contributed by atoms with Crippen LogP contribution in [0.1, 0.15) is 16.7 Å². The minimum Gasteiger partial charge on any atom is -0.485 e. The summed E-state index contributed by atoms with van der Waals surface area (Å²) in [7, 11) is 1.76. The predicted molar refractivity (Wildman–Crippen MR) is 74.1 cm³/mol. The maximum absolute atomic E-state index is 14.0. The van der Waals surface area contributed by atoms with Gasteiger partial charge < -0.3 is 15.2 Å². The van der Waals surface area contributed by atoms with Crippen molar-refractivity contribution >= 4 is 0 Å². The Morgan fingerprint density at radius 1 is 1.20 bits per heavy atom. The molecule has 20 heavy (non-hydrogen) atoms. The van der Waals surface area contributed by atoms with Gasteiger partial charge >= 0.3 is 0 Å². The van der Waals surface area contributed by atoms with E-state index in [2.05, 4.69) is 5.32 Å². The van der Waals surface area contributed by atoms with Crippen molar-refractivity contribution in [1.29, 1.82) is 0 Å². The Bertz CT molecular complexity index is 644. The molecule has 1 heterocycles. The van der Waals surface area contributed by atoms with Gasteiger partial charge in [0.15, 0.2) is 11.6 Å². The largest absolute Gasteiger partial charge is 0.485 e. The van der Waals surface area contributed by atoms with Gasteiger partial charge in [0, 0.05) is 12.1 Å². The maximum atomic E-state index is 14.0. The average Bonchev–Trinajstić information content (AvgIpc) is 2.57. The number of aliphatic hydroxyl groups is 1. The monoisotopic (exact) mass is 273 g/mol. The summed E-state index contributed by atoms with van der Waals surface area (Å²) in [6.07, 6.45) is 0. The number of likely N-dealkylation sites (N-methyl/N-ethyl adjacent to an activating group) is 1. The van der Waals surface area contributed by atoms with Crippen molar-refractivity contribution in [3.05, 3.63) is 65.0 Å². The van der Waals surface area contributed by atoms with Crippen molar-refractivity contribution in [2.45, 2.75) is 12.2 Å². The lowest BCUT2D eigenvalue weighted by atomic mass is 9.83. The first kappa shape index (κ1) is 13.1. The quantitative estimate of drug-likeness (QED) is 0.881. The summed E-state index contributed by atoms with van der Waals surface area (Å²) in [4.78, 5) is 0. The molecule has 2 aromatic carbocycles. The molecule has 0 amide bonds. The van der Waals surface area contributed by atoms with E-state index in [0.29, 0.717) is 5.56 Å². The van der Waals surface area contributed by atoms with Crippen LogP contribution in [0.5, 0.6) is 5.75 Å². The molecule has 4 heteroatoms. The number of hydrogen-bond acceptors (Lipinski definition) is 3. The highest BCUT2D eigenvalue weighted by Gasteiger charge is 2.38. The third-order valence-electron chi connectivity index (χ3n) is 3.68. The first-order chi connectivity index (χ1) is 9.66. The number of fused-ring (bicyclic) bond motifs is 2. The van der Waals surface area contributed by atoms with E-state index in [1.54, 1.807) is 19.2 Å². The summed E-state index contributed by atoms with van der Waals surface area (Å²) >= 11 is 0. The molecule has 0 fully saturated rings. The summed E-state index contributed by atoms with van der Waals surface area (Å²) < 4.78 is 19.6. The fraction of sp³-hybridized carbons (Fsp3) is 0.250. The first-order valence-corrected chi connectivity index (χ1v) is 6.54. The molecule has 0 spiro atoms. The lowest BCUT2D eigenvalue weighted by Gasteiger charge is -2.29. The zero-order valence-corrected chi connectivity index (χ0v) is 11.2. The average molecular weight is 273 g/mol. The standard InChI is InChI=1S/C16H16FNO2/c1-18-10-16(19)12-6-3-2-5-11(12)9-20-15-13(16)7-4-8-14(15)17/h2-8,18-19H,9-10H2,1H3. The second-order valence-electron chi connectivity index (χ2n) is 4.95. The molecule has 3 rings (SSSR count). The zero-order chi connectivity index (χ0) is 14.2. The van der Waals surface area contributed by atoms with E-state index in [4.69, 9.17) is 4.74 Å². The van der Waals surface area contributed by atoms with Gasteiger partial charge in [-0.05, 0) is 24.2 Å². The Balaban J connectivity index is 2.28. The lowest BCUT2D eigenvalue weighted by Crippen LogP contribution is -2.38. The van der Waals surface area contributed by atoms with Crippen LogP contribution in [0.25, 0.3) is 0 Å². The van der Waals surface area contributed by atoms with Gasteiger partial charge in [0.2, 0.25) is 0 Å². The molecule has 0 bridgehead atoms. The van der Waals surface area contributed by atoms with Crippen molar-refractivity contribution in [1.82, 2.24) is 5.32 Å². The highest BCUT2D eigenvalue weighted by molar-refractivity contribution is 5.50. The first-order valence-electron chi connectivity index (χ1n) is 6.54. The van der Waals surface area contributed by atoms with Crippen LogP contribution in [-0.4, -0.2) is 18.7 Å². The second kappa shape index (κ2) is 4.89. The van der Waals surface area contributed by atoms with E-state index in [0.717, 1.165) is 11.1 Å². The molecule has 0 saturated heterocycles. The molecular formula is C16H16FNO2. The van der Waals surface area contributed by atoms with Crippen LogP contribution >= 0.6 is 0 Å². The Kier molecular flexibility index (Phi) is 3.20. The van der Waals surface area contributed by atoms with Crippen molar-refractivity contribution in [2.75, 3.05) is 13.6 Å². The normalized spacial score (nSPS) is 20.6. The van der Waals surface area contributed by atoms with Crippen LogP contribution in [-0.2, 0) is 12.2 Å². The Morgan fingerprint density at radius 3 is 2.75 bits per heavy atom. The maximum Gasteiger partial charge on any atom is 0.165 e. The van der Waals surface area contributed by atoms with Crippen LogP contribution in [0.4, 0.5) is 4.39 Å². The van der Waals surface area contributed by atoms with Gasteiger partial charge in [-0.1, -0.05) is 36.4 Å². The zero-order valence-electron chi connectivity index (χ0n) is 11.2. The molecule has 2 aromatic rings. The molecule has 1 atom stereocenters. The molecule has 0 saturated carbocycles. The van der Waals surface area contributed by atoms with Crippen molar-refractivity contribution in [3.8, 4) is 5.75 Å². The molecule has 3 nitrogen and oxygen atoms in total. The molecule has 1 aliphatic rings. The molecule has 1 unspecified atom stereocenters. The summed E-state index contributed by atoms with van der Waals surface area (Å²) in [6, 6.07) is 12.1. The molecule has 0 aromatic heterocycles. The number of rotatable bonds is 2. The minimum absolute atomic E-state index is 0.126. The van der Waals surface area contributed by atoms with Gasteiger partial charge in [0.1, 0.15) is 12.2 Å². The van der Waals surface area contributed by atoms with Crippen LogP contribution in [0.3, 0.4) is 0 Å². The van der Waals surface area contributed by atoms with E-state index < -0.39 is 11.4 Å². The third-order valence-corrected chi connectivity index (χ3v) is 3.68. The minimum atomic E-state index is -1.31. The van der Waals surface area contributed by atoms with E-state index >= 15 is 0 Å². The van der Waals surface area contributed by atoms with Gasteiger partial charge in [-0.2, -0.15) is 0 Å². The topological polar surface area (TPSA) is 41.5 Å². The highest BCUT2D eigenvalue weighted by atomic mass is 19.1. The lowest BCUT2D eigenvalue weighted by molar-refractivity contribution is 0.0810. The molecule has 0 radical (unpaired) electrons. The Labute approximate surface area is 117 Å². The van der Waals surface area contributed by atoms with Crippen molar-refractivity contribution in [2.24, 2.45) is 0 Å². The summed E-state index contributed by atoms with van der Waals surface area (Å²) in [5.74, 6) is -0.328. The van der Waals surface area contributed by atoms with E-state index in [1.165, 1.54) is 6.07 Å². The number of hydrogen-bond donors (Lipinski definition) is 2. The second-order valence-corrected chi connectivity index (χ2v) is 4.95. The van der Waals surface area contributed by atoms with Crippen LogP contribution in [0.2, 0.25) is 0 Å². The van der Waals surface area contributed by atoms with Gasteiger partial charge in [-0.15, -0.1) is 0 Å². The fourth-order valence-electron chi connectivity index (χ4n) is 2.77. The summed E-state index contributed by atoms with van der Waals surface area (Å²) in [5, 5.41) is 14.1. The Hall–Kier alpha value is -1.91. The van der Waals surface area contributed by atoms with Crippen molar-refractivity contribution < 1.29 is 14.2 Å². The number of nitrogens with one attached hydrogen (secondary N) is 1. The van der Waals surface area contributed by atoms with Gasteiger partial charge in [-0.3, -0.25) is 0 Å². The summed E-state index contributed by atoms with van der Waals surface area (Å²) in [5.41, 5.74) is 0.760. The number of halogens is 1. The Morgan fingerprint density at radius 2 is 1.95 bits per heavy atom. The number of benzene rings is 2. The van der Waals surface area contributed by atoms with Gasteiger partial charge in [0.25, 0.3) is 0 Å². The van der Waals surface area contributed by atoms with Gasteiger partial charge in [0.05, 0.1) is 0 Å². The molecule has 1 aliphatic heterocycles. The molecule has 104 valence electrons. The molecule has 2 N–H and O–H groups in total. The fourth-order valence-corrected chi connectivity index (χ4v) is 2.77. The van der Waals surface area contributed by atoms with E-state index in [1.807, 2.05) is 24.3 Å². The van der Waals surface area contributed by atoms with E-state index in [-0.39, 0.29) is 18.9 Å². The molecular weight excluding hydrogens is 257 g/mol. The number of para-hydroxylation sites is 1. The van der Waals surface area contributed by atoms with Crippen LogP contribution in [0.15, 0.2) is 42.5 Å². The number of ether oxygens (including phenoxy) is 1. The van der Waals surface area contributed by atoms with Gasteiger partial charge in [-0.25, -0.2) is 4.39 Å². The third kappa shape index (κ3) is 1.88. The smallest absolute Gasteiger partial charge is 0.165 e. The van der Waals surface area contributed by atoms with Crippen LogP contribution < -0.4 is 10.1 Å². The molecule has 0 aliphatic carbocycles. The SMILES string of the molecule is CNCC1(O)c2ccccc2COc2c(F)cccc21.